The lowest BCUT2D eigenvalue weighted by molar-refractivity contribution is 0.0945. The maximum Gasteiger partial charge on any atom is 0.251 e. The smallest absolute Gasteiger partial charge is 0.251 e. The minimum absolute atomic E-state index is 0.0187. The zero-order valence-electron chi connectivity index (χ0n) is 17.5. The van der Waals surface area contributed by atoms with Gasteiger partial charge in [0.25, 0.3) is 11.8 Å². The Labute approximate surface area is 182 Å². The molecule has 8 heteroatoms. The number of nitrogen functional groups attached to an aromatic ring is 2. The predicted octanol–water partition coefficient (Wildman–Crippen LogP) is 2.37. The number of benzene rings is 2. The SMILES string of the molecule is N=C(N)c1ccc(C(=O)NCCCCCCCNC(=O)c2ccc(C(=N)N)cc2)cc1. The summed E-state index contributed by atoms with van der Waals surface area (Å²) in [7, 11) is 0. The van der Waals surface area contributed by atoms with Gasteiger partial charge in [-0.15, -0.1) is 0 Å². The average molecular weight is 423 g/mol. The van der Waals surface area contributed by atoms with E-state index < -0.39 is 0 Å². The van der Waals surface area contributed by atoms with Crippen molar-refractivity contribution in [2.24, 2.45) is 11.5 Å². The van der Waals surface area contributed by atoms with Gasteiger partial charge in [0.2, 0.25) is 0 Å². The summed E-state index contributed by atoms with van der Waals surface area (Å²) in [5, 5.41) is 20.5. The summed E-state index contributed by atoms with van der Waals surface area (Å²) >= 11 is 0. The van der Waals surface area contributed by atoms with Gasteiger partial charge in [0.15, 0.2) is 0 Å². The second kappa shape index (κ2) is 12.1. The second-order valence-corrected chi connectivity index (χ2v) is 7.26. The molecule has 0 radical (unpaired) electrons. The van der Waals surface area contributed by atoms with E-state index in [1.165, 1.54) is 0 Å². The molecule has 2 rings (SSSR count). The Morgan fingerprint density at radius 2 is 0.871 bits per heavy atom. The van der Waals surface area contributed by atoms with Gasteiger partial charge < -0.3 is 22.1 Å². The molecule has 2 amide bonds. The second-order valence-electron chi connectivity index (χ2n) is 7.26. The highest BCUT2D eigenvalue weighted by molar-refractivity contribution is 5.98. The molecular formula is C23H30N6O2. The van der Waals surface area contributed by atoms with Crippen LogP contribution in [0.4, 0.5) is 0 Å². The van der Waals surface area contributed by atoms with Crippen molar-refractivity contribution in [2.45, 2.75) is 32.1 Å². The molecule has 0 aliphatic carbocycles. The molecule has 0 bridgehead atoms. The summed E-state index contributed by atoms with van der Waals surface area (Å²) in [5.74, 6) is -0.298. The first kappa shape index (κ1) is 23.6. The molecule has 0 unspecified atom stereocenters. The van der Waals surface area contributed by atoms with Crippen LogP contribution in [0.2, 0.25) is 0 Å². The fourth-order valence-corrected chi connectivity index (χ4v) is 2.99. The highest BCUT2D eigenvalue weighted by atomic mass is 16.2. The van der Waals surface area contributed by atoms with Crippen LogP contribution in [0.3, 0.4) is 0 Å². The molecule has 8 nitrogen and oxygen atoms in total. The molecule has 0 aliphatic heterocycles. The zero-order chi connectivity index (χ0) is 22.6. The number of nitrogens with two attached hydrogens (primary N) is 2. The fraction of sp³-hybridized carbons (Fsp3) is 0.304. The highest BCUT2D eigenvalue weighted by Gasteiger charge is 2.06. The fourth-order valence-electron chi connectivity index (χ4n) is 2.99. The summed E-state index contributed by atoms with van der Waals surface area (Å²) in [5.41, 5.74) is 13.1. The predicted molar refractivity (Wildman–Crippen MR) is 123 cm³/mol. The zero-order valence-corrected chi connectivity index (χ0v) is 17.5. The molecule has 31 heavy (non-hydrogen) atoms. The Balaban J connectivity index is 1.52. The lowest BCUT2D eigenvalue weighted by Crippen LogP contribution is -2.25. The number of carbonyl (C=O) groups is 2. The molecule has 0 saturated heterocycles. The molecule has 0 atom stereocenters. The lowest BCUT2D eigenvalue weighted by atomic mass is 10.1. The first-order valence-corrected chi connectivity index (χ1v) is 10.3. The van der Waals surface area contributed by atoms with E-state index in [9.17, 15) is 9.59 Å². The van der Waals surface area contributed by atoms with Crippen LogP contribution in [0.5, 0.6) is 0 Å². The van der Waals surface area contributed by atoms with Crippen molar-refractivity contribution in [1.82, 2.24) is 10.6 Å². The number of unbranched alkanes of at least 4 members (excludes halogenated alkanes) is 4. The first-order valence-electron chi connectivity index (χ1n) is 10.3. The summed E-state index contributed by atoms with van der Waals surface area (Å²) in [6.07, 6.45) is 4.83. The van der Waals surface area contributed by atoms with Gasteiger partial charge in [-0.3, -0.25) is 20.4 Å². The number of nitrogens with one attached hydrogen (secondary N) is 4. The summed E-state index contributed by atoms with van der Waals surface area (Å²) < 4.78 is 0. The van der Waals surface area contributed by atoms with Crippen LogP contribution in [0.15, 0.2) is 48.5 Å². The van der Waals surface area contributed by atoms with Crippen LogP contribution >= 0.6 is 0 Å². The average Bonchev–Trinajstić information content (AvgIpc) is 2.77. The standard InChI is InChI=1S/C23H30N6O2/c24-20(25)16-6-10-18(11-7-16)22(30)28-14-4-2-1-3-5-15-29-23(31)19-12-8-17(9-13-19)21(26)27/h6-13H,1-5,14-15H2,(H3,24,25)(H3,26,27)(H,28,30)(H,29,31). The molecule has 0 spiro atoms. The van der Waals surface area contributed by atoms with Crippen molar-refractivity contribution < 1.29 is 9.59 Å². The van der Waals surface area contributed by atoms with Crippen LogP contribution in [0, 0.1) is 10.8 Å². The molecule has 0 aromatic heterocycles. The third-order valence-corrected chi connectivity index (χ3v) is 4.84. The van der Waals surface area contributed by atoms with Gasteiger partial charge in [0, 0.05) is 35.3 Å². The Morgan fingerprint density at radius 3 is 1.19 bits per heavy atom. The third-order valence-electron chi connectivity index (χ3n) is 4.84. The molecule has 0 aliphatic rings. The van der Waals surface area contributed by atoms with Crippen LogP contribution in [-0.4, -0.2) is 36.6 Å². The molecule has 2 aromatic carbocycles. The van der Waals surface area contributed by atoms with E-state index in [-0.39, 0.29) is 23.5 Å². The van der Waals surface area contributed by atoms with Crippen molar-refractivity contribution >= 4 is 23.5 Å². The van der Waals surface area contributed by atoms with Gasteiger partial charge in [-0.05, 0) is 37.1 Å². The topological polar surface area (TPSA) is 158 Å². The quantitative estimate of drug-likeness (QED) is 0.176. The number of hydrogen-bond donors (Lipinski definition) is 6. The Kier molecular flexibility index (Phi) is 9.22. The normalized spacial score (nSPS) is 10.3. The van der Waals surface area contributed by atoms with Crippen molar-refractivity contribution in [2.75, 3.05) is 13.1 Å². The molecular weight excluding hydrogens is 392 g/mol. The van der Waals surface area contributed by atoms with E-state index in [2.05, 4.69) is 10.6 Å². The summed E-state index contributed by atoms with van der Waals surface area (Å²) in [6, 6.07) is 13.3. The van der Waals surface area contributed by atoms with E-state index in [0.717, 1.165) is 32.1 Å². The van der Waals surface area contributed by atoms with Gasteiger partial charge in [-0.2, -0.15) is 0 Å². The van der Waals surface area contributed by atoms with Crippen LogP contribution in [0.1, 0.15) is 63.9 Å². The Hall–Kier alpha value is -3.68. The minimum atomic E-state index is -0.130. The van der Waals surface area contributed by atoms with Crippen molar-refractivity contribution in [3.8, 4) is 0 Å². The molecule has 0 saturated carbocycles. The van der Waals surface area contributed by atoms with Crippen LogP contribution in [0.25, 0.3) is 0 Å². The minimum Gasteiger partial charge on any atom is -0.384 e. The number of amides is 2. The van der Waals surface area contributed by atoms with Crippen molar-refractivity contribution in [3.05, 3.63) is 70.8 Å². The summed E-state index contributed by atoms with van der Waals surface area (Å²) in [6.45, 7) is 1.22. The van der Waals surface area contributed by atoms with E-state index in [1.807, 2.05) is 0 Å². The number of rotatable bonds is 12. The number of hydrogen-bond acceptors (Lipinski definition) is 4. The van der Waals surface area contributed by atoms with Crippen molar-refractivity contribution in [3.63, 3.8) is 0 Å². The van der Waals surface area contributed by atoms with Gasteiger partial charge in [-0.1, -0.05) is 43.5 Å². The van der Waals surface area contributed by atoms with Crippen LogP contribution < -0.4 is 22.1 Å². The molecule has 2 aromatic rings. The van der Waals surface area contributed by atoms with Crippen molar-refractivity contribution in [1.29, 1.82) is 10.8 Å². The highest BCUT2D eigenvalue weighted by Crippen LogP contribution is 2.06. The Bertz CT molecular complexity index is 831. The first-order chi connectivity index (χ1) is 14.9. The molecule has 0 fully saturated rings. The number of carbonyl (C=O) groups excluding carboxylic acids is 2. The molecule has 164 valence electrons. The van der Waals surface area contributed by atoms with E-state index in [1.54, 1.807) is 48.5 Å². The number of amidine groups is 2. The van der Waals surface area contributed by atoms with Gasteiger partial charge in [0.1, 0.15) is 11.7 Å². The monoisotopic (exact) mass is 422 g/mol. The molecule has 8 N–H and O–H groups in total. The third kappa shape index (κ3) is 7.93. The Morgan fingerprint density at radius 1 is 0.581 bits per heavy atom. The lowest BCUT2D eigenvalue weighted by Gasteiger charge is -2.07. The largest absolute Gasteiger partial charge is 0.384 e. The van der Waals surface area contributed by atoms with Gasteiger partial charge in [-0.25, -0.2) is 0 Å². The molecule has 0 heterocycles. The maximum atomic E-state index is 12.1. The van der Waals surface area contributed by atoms with E-state index in [0.29, 0.717) is 35.3 Å². The van der Waals surface area contributed by atoms with Gasteiger partial charge in [0.05, 0.1) is 0 Å². The van der Waals surface area contributed by atoms with Gasteiger partial charge >= 0.3 is 0 Å². The maximum absolute atomic E-state index is 12.1. The van der Waals surface area contributed by atoms with E-state index in [4.69, 9.17) is 22.3 Å². The van der Waals surface area contributed by atoms with E-state index >= 15 is 0 Å². The summed E-state index contributed by atoms with van der Waals surface area (Å²) in [4.78, 5) is 24.2. The van der Waals surface area contributed by atoms with Crippen LogP contribution in [-0.2, 0) is 0 Å².